The number of pyridine rings is 1. The van der Waals surface area contributed by atoms with Crippen LogP contribution in [0.2, 0.25) is 0 Å². The van der Waals surface area contributed by atoms with Crippen molar-refractivity contribution < 1.29 is 0 Å². The van der Waals surface area contributed by atoms with E-state index in [2.05, 4.69) is 28.1 Å². The summed E-state index contributed by atoms with van der Waals surface area (Å²) in [6.45, 7) is 2.27. The predicted molar refractivity (Wildman–Crippen MR) is 66.0 cm³/mol. The van der Waals surface area contributed by atoms with Gasteiger partial charge in [-0.2, -0.15) is 0 Å². The Bertz CT molecular complexity index is 567. The molecule has 0 amide bonds. The molecule has 1 fully saturated rings. The number of nitrogens with one attached hydrogen (secondary N) is 1. The van der Waals surface area contributed by atoms with Crippen LogP contribution in [0.4, 0.5) is 5.69 Å². The molecule has 1 aliphatic heterocycles. The second kappa shape index (κ2) is 3.67. The van der Waals surface area contributed by atoms with E-state index in [9.17, 15) is 4.79 Å². The summed E-state index contributed by atoms with van der Waals surface area (Å²) in [5.74, 6) is 0. The average Bonchev–Trinajstić information content (AvgIpc) is 2.81. The molecule has 0 bridgehead atoms. The van der Waals surface area contributed by atoms with Gasteiger partial charge in [0.15, 0.2) is 0 Å². The molecule has 2 heterocycles. The van der Waals surface area contributed by atoms with Crippen LogP contribution in [-0.2, 0) is 0 Å². The maximum absolute atomic E-state index is 11.2. The minimum absolute atomic E-state index is 0.0360. The molecule has 0 saturated carbocycles. The van der Waals surface area contributed by atoms with Crippen LogP contribution >= 0.6 is 0 Å². The highest BCUT2D eigenvalue weighted by molar-refractivity contribution is 5.85. The molecular formula is C13H14N2O. The molecule has 1 aliphatic rings. The van der Waals surface area contributed by atoms with Crippen molar-refractivity contribution in [3.05, 3.63) is 40.8 Å². The zero-order chi connectivity index (χ0) is 11.0. The zero-order valence-corrected chi connectivity index (χ0v) is 9.07. The van der Waals surface area contributed by atoms with E-state index >= 15 is 0 Å². The molecule has 3 rings (SSSR count). The van der Waals surface area contributed by atoms with Crippen LogP contribution in [0.3, 0.4) is 0 Å². The van der Waals surface area contributed by atoms with Crippen LogP contribution in [0, 0.1) is 0 Å². The number of nitrogens with zero attached hydrogens (tertiary/aromatic N) is 1. The number of hydrogen-bond donors (Lipinski definition) is 1. The van der Waals surface area contributed by atoms with E-state index in [-0.39, 0.29) is 5.56 Å². The molecular weight excluding hydrogens is 200 g/mol. The molecule has 1 N–H and O–H groups in total. The van der Waals surface area contributed by atoms with Crippen molar-refractivity contribution in [1.82, 2.24) is 4.98 Å². The zero-order valence-electron chi connectivity index (χ0n) is 9.07. The van der Waals surface area contributed by atoms with Gasteiger partial charge in [0.2, 0.25) is 5.56 Å². The van der Waals surface area contributed by atoms with Crippen LogP contribution in [-0.4, -0.2) is 18.1 Å². The molecule has 3 heteroatoms. The van der Waals surface area contributed by atoms with Gasteiger partial charge in [-0.1, -0.05) is 6.07 Å². The van der Waals surface area contributed by atoms with Crippen LogP contribution in [0.5, 0.6) is 0 Å². The standard InChI is InChI=1S/C13H14N2O/c16-13-8-11-7-12(15-5-1-2-6-15)4-3-10(11)9-14-13/h3-4,7-9H,1-2,5-6H2,(H,14,16). The maximum atomic E-state index is 11.2. The summed E-state index contributed by atoms with van der Waals surface area (Å²) in [5, 5.41) is 2.11. The number of hydrogen-bond acceptors (Lipinski definition) is 2. The normalized spacial score (nSPS) is 15.9. The van der Waals surface area contributed by atoms with Gasteiger partial charge in [-0.3, -0.25) is 4.79 Å². The SMILES string of the molecule is O=c1cc2cc(N3CCCC3)ccc2c[nH]1. The topological polar surface area (TPSA) is 36.1 Å². The minimum atomic E-state index is -0.0360. The summed E-state index contributed by atoms with van der Waals surface area (Å²) in [5.41, 5.74) is 1.20. The van der Waals surface area contributed by atoms with Crippen molar-refractivity contribution in [3.8, 4) is 0 Å². The Morgan fingerprint density at radius 2 is 1.88 bits per heavy atom. The molecule has 1 aromatic heterocycles. The second-order valence-electron chi connectivity index (χ2n) is 4.30. The summed E-state index contributed by atoms with van der Waals surface area (Å²) < 4.78 is 0. The van der Waals surface area contributed by atoms with Crippen LogP contribution < -0.4 is 10.5 Å². The fourth-order valence-corrected chi connectivity index (χ4v) is 2.32. The summed E-state index contributed by atoms with van der Waals surface area (Å²) in [7, 11) is 0. The van der Waals surface area contributed by atoms with E-state index in [1.165, 1.54) is 18.5 Å². The van der Waals surface area contributed by atoms with E-state index in [1.807, 2.05) is 0 Å². The third-order valence-electron chi connectivity index (χ3n) is 3.20. The van der Waals surface area contributed by atoms with Crippen molar-refractivity contribution in [3.63, 3.8) is 0 Å². The first kappa shape index (κ1) is 9.46. The summed E-state index contributed by atoms with van der Waals surface area (Å²) in [4.78, 5) is 16.3. The van der Waals surface area contributed by atoms with Crippen molar-refractivity contribution in [2.24, 2.45) is 0 Å². The fraction of sp³-hybridized carbons (Fsp3) is 0.308. The first-order valence-corrected chi connectivity index (χ1v) is 5.70. The van der Waals surface area contributed by atoms with E-state index in [0.29, 0.717) is 0 Å². The lowest BCUT2D eigenvalue weighted by Crippen LogP contribution is -2.17. The molecule has 0 unspecified atom stereocenters. The molecule has 0 aliphatic carbocycles. The Morgan fingerprint density at radius 3 is 2.69 bits per heavy atom. The van der Waals surface area contributed by atoms with E-state index in [4.69, 9.17) is 0 Å². The van der Waals surface area contributed by atoms with Crippen LogP contribution in [0.25, 0.3) is 10.8 Å². The van der Waals surface area contributed by atoms with Crippen molar-refractivity contribution in [2.75, 3.05) is 18.0 Å². The predicted octanol–water partition coefficient (Wildman–Crippen LogP) is 2.13. The molecule has 0 radical (unpaired) electrons. The lowest BCUT2D eigenvalue weighted by molar-refractivity contribution is 0.949. The van der Waals surface area contributed by atoms with Gasteiger partial charge < -0.3 is 9.88 Å². The summed E-state index contributed by atoms with van der Waals surface area (Å²) in [6, 6.07) is 7.97. The van der Waals surface area contributed by atoms with Crippen molar-refractivity contribution in [2.45, 2.75) is 12.8 Å². The summed E-state index contributed by atoms with van der Waals surface area (Å²) >= 11 is 0. The van der Waals surface area contributed by atoms with Gasteiger partial charge in [0, 0.05) is 31.0 Å². The fourth-order valence-electron chi connectivity index (χ4n) is 2.32. The third-order valence-corrected chi connectivity index (χ3v) is 3.20. The van der Waals surface area contributed by atoms with Gasteiger partial charge in [-0.05, 0) is 35.7 Å². The van der Waals surface area contributed by atoms with Gasteiger partial charge in [0.1, 0.15) is 0 Å². The highest BCUT2D eigenvalue weighted by atomic mass is 16.1. The smallest absolute Gasteiger partial charge is 0.248 e. The highest BCUT2D eigenvalue weighted by Gasteiger charge is 2.12. The van der Waals surface area contributed by atoms with Gasteiger partial charge in [-0.25, -0.2) is 0 Å². The molecule has 16 heavy (non-hydrogen) atoms. The lowest BCUT2D eigenvalue weighted by atomic mass is 10.1. The number of anilines is 1. The Morgan fingerprint density at radius 1 is 1.06 bits per heavy atom. The Balaban J connectivity index is 2.10. The molecule has 1 aromatic carbocycles. The number of benzene rings is 1. The largest absolute Gasteiger partial charge is 0.372 e. The van der Waals surface area contributed by atoms with Gasteiger partial charge in [0.25, 0.3) is 0 Å². The van der Waals surface area contributed by atoms with E-state index in [1.54, 1.807) is 12.3 Å². The molecule has 2 aromatic rings. The minimum Gasteiger partial charge on any atom is -0.372 e. The van der Waals surface area contributed by atoms with Gasteiger partial charge in [-0.15, -0.1) is 0 Å². The Kier molecular flexibility index (Phi) is 2.17. The molecule has 0 spiro atoms. The molecule has 82 valence electrons. The monoisotopic (exact) mass is 214 g/mol. The van der Waals surface area contributed by atoms with Crippen LogP contribution in [0.15, 0.2) is 35.3 Å². The van der Waals surface area contributed by atoms with Crippen molar-refractivity contribution >= 4 is 16.5 Å². The highest BCUT2D eigenvalue weighted by Crippen LogP contribution is 2.23. The lowest BCUT2D eigenvalue weighted by Gasteiger charge is -2.17. The van der Waals surface area contributed by atoms with Crippen LogP contribution in [0.1, 0.15) is 12.8 Å². The van der Waals surface area contributed by atoms with Crippen molar-refractivity contribution in [1.29, 1.82) is 0 Å². The number of rotatable bonds is 1. The first-order valence-electron chi connectivity index (χ1n) is 5.70. The van der Waals surface area contributed by atoms with Gasteiger partial charge in [0.05, 0.1) is 0 Å². The Hall–Kier alpha value is -1.77. The number of H-pyrrole nitrogens is 1. The quantitative estimate of drug-likeness (QED) is 0.789. The van der Waals surface area contributed by atoms with Gasteiger partial charge >= 0.3 is 0 Å². The second-order valence-corrected chi connectivity index (χ2v) is 4.30. The molecule has 1 saturated heterocycles. The number of fused-ring (bicyclic) bond motifs is 1. The van der Waals surface area contributed by atoms with E-state index < -0.39 is 0 Å². The molecule has 3 nitrogen and oxygen atoms in total. The summed E-state index contributed by atoms with van der Waals surface area (Å²) in [6.07, 6.45) is 4.31. The van der Waals surface area contributed by atoms with E-state index in [0.717, 1.165) is 23.9 Å². The maximum Gasteiger partial charge on any atom is 0.248 e. The number of aromatic nitrogens is 1. The first-order chi connectivity index (χ1) is 7.83. The average molecular weight is 214 g/mol. The third kappa shape index (κ3) is 1.58. The Labute approximate surface area is 93.7 Å². The molecule has 0 atom stereocenters. The number of aromatic amines is 1.